The van der Waals surface area contributed by atoms with Gasteiger partial charge in [0.15, 0.2) is 0 Å². The lowest BCUT2D eigenvalue weighted by Crippen LogP contribution is -2.41. The third-order valence-electron chi connectivity index (χ3n) is 6.76. The lowest BCUT2D eigenvalue weighted by Gasteiger charge is -2.32. The Balaban J connectivity index is 1.59. The highest BCUT2D eigenvalue weighted by Crippen LogP contribution is 2.38. The Bertz CT molecular complexity index is 1220. The zero-order valence-corrected chi connectivity index (χ0v) is 21.2. The van der Waals surface area contributed by atoms with Crippen molar-refractivity contribution in [3.05, 3.63) is 64.7 Å². The lowest BCUT2D eigenvalue weighted by atomic mass is 9.80. The molecule has 0 spiro atoms. The summed E-state index contributed by atoms with van der Waals surface area (Å²) in [4.78, 5) is 12.0. The largest absolute Gasteiger partial charge is 0.488 e. The number of hydrogen-bond donors (Lipinski definition) is 0. The van der Waals surface area contributed by atoms with Gasteiger partial charge in [0, 0.05) is 17.4 Å². The number of rotatable bonds is 8. The molecule has 6 nitrogen and oxygen atoms in total. The van der Waals surface area contributed by atoms with Gasteiger partial charge in [-0.3, -0.25) is 4.79 Å². The van der Waals surface area contributed by atoms with Crippen molar-refractivity contribution in [2.45, 2.75) is 72.1 Å². The Labute approximate surface area is 205 Å². The summed E-state index contributed by atoms with van der Waals surface area (Å²) in [6.07, 6.45) is 1.96. The molecule has 3 aromatic rings. The van der Waals surface area contributed by atoms with E-state index in [-0.39, 0.29) is 19.0 Å². The third-order valence-corrected chi connectivity index (χ3v) is 6.76. The zero-order valence-electron chi connectivity index (χ0n) is 21.2. The van der Waals surface area contributed by atoms with Crippen LogP contribution in [0.25, 0.3) is 11.0 Å². The third kappa shape index (κ3) is 5.23. The van der Waals surface area contributed by atoms with E-state index in [4.69, 9.17) is 23.2 Å². The number of aryl methyl sites for hydroxylation is 1. The fourth-order valence-corrected chi connectivity index (χ4v) is 4.19. The molecular weight excluding hydrogens is 450 g/mol. The maximum Gasteiger partial charge on any atom is 0.462 e. The molecule has 1 saturated heterocycles. The molecule has 1 aliphatic heterocycles. The normalized spacial score (nSPS) is 16.6. The minimum absolute atomic E-state index is 0.0113. The molecule has 0 amide bonds. The van der Waals surface area contributed by atoms with Gasteiger partial charge in [-0.15, -0.1) is 0 Å². The molecule has 0 aliphatic carbocycles. The highest BCUT2D eigenvalue weighted by atomic mass is 19.1. The molecule has 1 aliphatic rings. The molecule has 0 unspecified atom stereocenters. The second-order valence-corrected chi connectivity index (χ2v) is 9.94. The van der Waals surface area contributed by atoms with E-state index in [9.17, 15) is 4.79 Å². The smallest absolute Gasteiger partial charge is 0.462 e. The standard InChI is InChI=1S/C27H32BFO6/c1-7-31-23(30)14-18-9-8-17(2)12-22(18)33-16-20-13-19(25-21(24(20)29)10-11-32-25)15-28-34-26(3,4)27(5,6)35-28/h8-13H,7,14-16H2,1-6H3. The average Bonchev–Trinajstić information content (AvgIpc) is 3.33. The maximum absolute atomic E-state index is 15.4. The van der Waals surface area contributed by atoms with Crippen LogP contribution >= 0.6 is 0 Å². The molecular formula is C27H32BFO6. The predicted molar refractivity (Wildman–Crippen MR) is 132 cm³/mol. The summed E-state index contributed by atoms with van der Waals surface area (Å²) in [5.41, 5.74) is 2.36. The Kier molecular flexibility index (Phi) is 6.98. The highest BCUT2D eigenvalue weighted by molar-refractivity contribution is 6.45. The van der Waals surface area contributed by atoms with Crippen molar-refractivity contribution in [3.63, 3.8) is 0 Å². The van der Waals surface area contributed by atoms with Gasteiger partial charge < -0.3 is 23.2 Å². The van der Waals surface area contributed by atoms with E-state index in [1.807, 2.05) is 52.8 Å². The van der Waals surface area contributed by atoms with E-state index >= 15 is 4.39 Å². The van der Waals surface area contributed by atoms with Crippen LogP contribution < -0.4 is 4.74 Å². The summed E-state index contributed by atoms with van der Waals surface area (Å²) >= 11 is 0. The first kappa shape index (κ1) is 25.3. The fourth-order valence-electron chi connectivity index (χ4n) is 4.19. The van der Waals surface area contributed by atoms with Crippen LogP contribution in [0.15, 0.2) is 41.0 Å². The molecule has 0 saturated carbocycles. The zero-order chi connectivity index (χ0) is 25.4. The van der Waals surface area contributed by atoms with Gasteiger partial charge in [-0.1, -0.05) is 12.1 Å². The summed E-state index contributed by atoms with van der Waals surface area (Å²) < 4.78 is 44.4. The van der Waals surface area contributed by atoms with Crippen LogP contribution in [0, 0.1) is 12.7 Å². The fraction of sp³-hybridized carbons (Fsp3) is 0.444. The summed E-state index contributed by atoms with van der Waals surface area (Å²) in [6.45, 7) is 12.0. The van der Waals surface area contributed by atoms with Crippen molar-refractivity contribution in [1.82, 2.24) is 0 Å². The number of esters is 1. The van der Waals surface area contributed by atoms with Crippen molar-refractivity contribution in [2.75, 3.05) is 6.61 Å². The second-order valence-electron chi connectivity index (χ2n) is 9.94. The van der Waals surface area contributed by atoms with E-state index < -0.39 is 24.1 Å². The van der Waals surface area contributed by atoms with Gasteiger partial charge in [-0.25, -0.2) is 4.39 Å². The topological polar surface area (TPSA) is 67.1 Å². The van der Waals surface area contributed by atoms with Crippen molar-refractivity contribution < 1.29 is 32.4 Å². The van der Waals surface area contributed by atoms with Crippen LogP contribution in [-0.4, -0.2) is 30.9 Å². The summed E-state index contributed by atoms with van der Waals surface area (Å²) in [6, 6.07) is 8.94. The van der Waals surface area contributed by atoms with Crippen LogP contribution in [0.4, 0.5) is 4.39 Å². The first-order valence-electron chi connectivity index (χ1n) is 11.9. The SMILES string of the molecule is CCOC(=O)Cc1ccc(C)cc1OCc1cc(CB2OC(C)(C)C(C)(C)O2)c2occc2c1F. The molecule has 0 bridgehead atoms. The average molecular weight is 482 g/mol. The molecule has 186 valence electrons. The van der Waals surface area contributed by atoms with Crippen LogP contribution in [-0.2, 0) is 38.2 Å². The minimum atomic E-state index is -0.486. The van der Waals surface area contributed by atoms with Gasteiger partial charge in [0.1, 0.15) is 23.8 Å². The van der Waals surface area contributed by atoms with Crippen LogP contribution in [0.1, 0.15) is 56.9 Å². The lowest BCUT2D eigenvalue weighted by molar-refractivity contribution is -0.142. The second kappa shape index (κ2) is 9.67. The number of carbonyl (C=O) groups is 1. The molecule has 1 aromatic heterocycles. The highest BCUT2D eigenvalue weighted by Gasteiger charge is 2.51. The first-order valence-corrected chi connectivity index (χ1v) is 11.9. The monoisotopic (exact) mass is 482 g/mol. The molecule has 0 N–H and O–H groups in total. The van der Waals surface area contributed by atoms with Gasteiger partial charge >= 0.3 is 13.1 Å². The molecule has 2 aromatic carbocycles. The van der Waals surface area contributed by atoms with Gasteiger partial charge in [-0.2, -0.15) is 0 Å². The van der Waals surface area contributed by atoms with Gasteiger partial charge in [0.25, 0.3) is 0 Å². The first-order chi connectivity index (χ1) is 16.5. The quantitative estimate of drug-likeness (QED) is 0.301. The summed E-state index contributed by atoms with van der Waals surface area (Å²) in [5.74, 6) is -0.208. The van der Waals surface area contributed by atoms with Crippen molar-refractivity contribution in [1.29, 1.82) is 0 Å². The van der Waals surface area contributed by atoms with Crippen LogP contribution in [0.5, 0.6) is 5.75 Å². The van der Waals surface area contributed by atoms with Crippen molar-refractivity contribution in [2.24, 2.45) is 0 Å². The summed E-state index contributed by atoms with van der Waals surface area (Å²) in [7, 11) is -0.486. The van der Waals surface area contributed by atoms with Crippen LogP contribution in [0.3, 0.4) is 0 Å². The van der Waals surface area contributed by atoms with E-state index in [0.29, 0.717) is 40.8 Å². The van der Waals surface area contributed by atoms with Gasteiger partial charge in [-0.05, 0) is 70.9 Å². The Morgan fingerprint density at radius 2 is 1.74 bits per heavy atom. The molecule has 8 heteroatoms. The number of fused-ring (bicyclic) bond motifs is 1. The Morgan fingerprint density at radius 1 is 1.03 bits per heavy atom. The molecule has 2 heterocycles. The molecule has 0 atom stereocenters. The van der Waals surface area contributed by atoms with Crippen molar-refractivity contribution in [3.8, 4) is 5.75 Å². The number of furan rings is 1. The predicted octanol–water partition coefficient (Wildman–Crippen LogP) is 5.74. The van der Waals surface area contributed by atoms with E-state index in [1.165, 1.54) is 6.26 Å². The Hall–Kier alpha value is -2.84. The van der Waals surface area contributed by atoms with E-state index in [1.54, 1.807) is 19.1 Å². The maximum atomic E-state index is 15.4. The number of hydrogen-bond acceptors (Lipinski definition) is 6. The summed E-state index contributed by atoms with van der Waals surface area (Å²) in [5, 5.41) is 0.383. The number of ether oxygens (including phenoxy) is 2. The number of carbonyl (C=O) groups excluding carboxylic acids is 1. The van der Waals surface area contributed by atoms with E-state index in [0.717, 1.165) is 11.1 Å². The molecule has 4 rings (SSSR count). The van der Waals surface area contributed by atoms with Crippen molar-refractivity contribution >= 4 is 24.1 Å². The van der Waals surface area contributed by atoms with Gasteiger partial charge in [0.05, 0.1) is 35.9 Å². The number of benzene rings is 2. The van der Waals surface area contributed by atoms with Crippen LogP contribution in [0.2, 0.25) is 0 Å². The Morgan fingerprint density at radius 3 is 2.43 bits per heavy atom. The minimum Gasteiger partial charge on any atom is -0.488 e. The van der Waals surface area contributed by atoms with Gasteiger partial charge in [0.2, 0.25) is 0 Å². The molecule has 1 fully saturated rings. The molecule has 0 radical (unpaired) electrons. The number of halogens is 1. The molecule has 35 heavy (non-hydrogen) atoms. The van der Waals surface area contributed by atoms with E-state index in [2.05, 4.69) is 0 Å².